The third-order valence-electron chi connectivity index (χ3n) is 7.19. The van der Waals surface area contributed by atoms with E-state index in [0.29, 0.717) is 11.8 Å². The number of likely N-dealkylation sites (N-methyl/N-ethyl adjacent to an activating group) is 1. The molecule has 4 heteroatoms. The molecule has 2 heterocycles. The zero-order chi connectivity index (χ0) is 14.4. The van der Waals surface area contributed by atoms with Crippen LogP contribution in [0.1, 0.15) is 33.6 Å². The molecule has 112 valence electrons. The number of hydrogen-bond donors (Lipinski definition) is 1. The summed E-state index contributed by atoms with van der Waals surface area (Å²) in [6, 6.07) is 0. The van der Waals surface area contributed by atoms with Gasteiger partial charge in [-0.2, -0.15) is 0 Å². The number of carbonyl (C=O) groups is 1. The van der Waals surface area contributed by atoms with Crippen molar-refractivity contribution in [1.82, 2.24) is 4.90 Å². The van der Waals surface area contributed by atoms with Gasteiger partial charge in [0.2, 0.25) is 0 Å². The van der Waals surface area contributed by atoms with Crippen molar-refractivity contribution in [1.29, 1.82) is 0 Å². The molecule has 1 N–H and O–H groups in total. The highest BCUT2D eigenvalue weighted by Gasteiger charge is 2.78. The monoisotopic (exact) mass is 279 g/mol. The normalized spacial score (nSPS) is 57.3. The molecule has 2 aliphatic carbocycles. The molecule has 2 saturated carbocycles. The van der Waals surface area contributed by atoms with Crippen molar-refractivity contribution in [2.24, 2.45) is 35.0 Å². The van der Waals surface area contributed by atoms with Gasteiger partial charge >= 0.3 is 5.97 Å². The summed E-state index contributed by atoms with van der Waals surface area (Å²) < 4.78 is 5.73. The minimum absolute atomic E-state index is 0.00164. The molecule has 2 saturated heterocycles. The number of aliphatic hydroxyl groups is 1. The van der Waals surface area contributed by atoms with Crippen LogP contribution in [0.3, 0.4) is 0 Å². The van der Waals surface area contributed by atoms with Crippen LogP contribution in [-0.2, 0) is 9.53 Å². The second-order valence-electron chi connectivity index (χ2n) is 7.97. The summed E-state index contributed by atoms with van der Waals surface area (Å²) >= 11 is 0. The largest absolute Gasteiger partial charge is 0.457 e. The molecule has 4 nitrogen and oxygen atoms in total. The number of hydrogen-bond acceptors (Lipinski definition) is 4. The fourth-order valence-electron chi connectivity index (χ4n) is 6.27. The fourth-order valence-corrected chi connectivity index (χ4v) is 6.27. The van der Waals surface area contributed by atoms with Gasteiger partial charge in [-0.05, 0) is 37.6 Å². The van der Waals surface area contributed by atoms with Crippen molar-refractivity contribution < 1.29 is 14.6 Å². The van der Waals surface area contributed by atoms with Gasteiger partial charge in [-0.25, -0.2) is 0 Å². The number of nitrogens with zero attached hydrogens (tertiary/aromatic N) is 1. The van der Waals surface area contributed by atoms with Gasteiger partial charge in [0.1, 0.15) is 6.10 Å². The lowest BCUT2D eigenvalue weighted by molar-refractivity contribution is -0.247. The second kappa shape index (κ2) is 3.58. The number of likely N-dealkylation sites (tertiary alicyclic amines) is 1. The molecular formula is C16H25NO3. The van der Waals surface area contributed by atoms with Gasteiger partial charge in [-0.3, -0.25) is 9.69 Å². The Balaban J connectivity index is 1.92. The van der Waals surface area contributed by atoms with Gasteiger partial charge in [0, 0.05) is 17.9 Å². The van der Waals surface area contributed by atoms with Crippen molar-refractivity contribution in [2.45, 2.75) is 45.4 Å². The van der Waals surface area contributed by atoms with Crippen molar-refractivity contribution in [3.8, 4) is 0 Å². The molecule has 0 radical (unpaired) electrons. The average Bonchev–Trinajstić information content (AvgIpc) is 2.92. The number of ether oxygens (including phenoxy) is 1. The van der Waals surface area contributed by atoms with E-state index in [9.17, 15) is 9.90 Å². The van der Waals surface area contributed by atoms with Crippen LogP contribution in [0, 0.1) is 35.0 Å². The Morgan fingerprint density at radius 1 is 1.40 bits per heavy atom. The lowest BCUT2D eigenvalue weighted by atomic mass is 9.53. The van der Waals surface area contributed by atoms with Gasteiger partial charge in [0.15, 0.2) is 5.72 Å². The average molecular weight is 279 g/mol. The summed E-state index contributed by atoms with van der Waals surface area (Å²) in [5.41, 5.74) is -1.16. The molecule has 0 amide bonds. The van der Waals surface area contributed by atoms with E-state index in [0.717, 1.165) is 19.4 Å². The second-order valence-corrected chi connectivity index (χ2v) is 7.97. The number of carbonyl (C=O) groups excluding carboxylic acids is 1. The maximum Gasteiger partial charge on any atom is 0.310 e. The summed E-state index contributed by atoms with van der Waals surface area (Å²) in [6.07, 6.45) is 1.84. The van der Waals surface area contributed by atoms with E-state index in [1.165, 1.54) is 0 Å². The van der Waals surface area contributed by atoms with Crippen LogP contribution in [0.5, 0.6) is 0 Å². The molecule has 20 heavy (non-hydrogen) atoms. The predicted molar refractivity (Wildman–Crippen MR) is 73.6 cm³/mol. The quantitative estimate of drug-likeness (QED) is 0.739. The van der Waals surface area contributed by atoms with Crippen molar-refractivity contribution >= 4 is 5.97 Å². The lowest BCUT2D eigenvalue weighted by Gasteiger charge is -2.54. The van der Waals surface area contributed by atoms with Gasteiger partial charge in [-0.1, -0.05) is 20.8 Å². The van der Waals surface area contributed by atoms with Gasteiger partial charge in [0.05, 0.1) is 5.92 Å². The van der Waals surface area contributed by atoms with Crippen LogP contribution < -0.4 is 0 Å². The minimum Gasteiger partial charge on any atom is -0.457 e. The third-order valence-corrected chi connectivity index (χ3v) is 7.19. The van der Waals surface area contributed by atoms with Crippen LogP contribution in [0.25, 0.3) is 0 Å². The first-order valence-corrected chi connectivity index (χ1v) is 7.97. The Morgan fingerprint density at radius 2 is 2.10 bits per heavy atom. The van der Waals surface area contributed by atoms with E-state index in [-0.39, 0.29) is 35.2 Å². The smallest absolute Gasteiger partial charge is 0.310 e. The molecule has 0 spiro atoms. The Labute approximate surface area is 120 Å². The summed E-state index contributed by atoms with van der Waals surface area (Å²) in [4.78, 5) is 14.5. The van der Waals surface area contributed by atoms with Crippen LogP contribution in [0.2, 0.25) is 0 Å². The number of esters is 1. The highest BCUT2D eigenvalue weighted by molar-refractivity contribution is 5.77. The highest BCUT2D eigenvalue weighted by Crippen LogP contribution is 2.70. The van der Waals surface area contributed by atoms with Crippen LogP contribution in [0.4, 0.5) is 0 Å². The highest BCUT2D eigenvalue weighted by atomic mass is 16.6. The Bertz CT molecular complexity index is 478. The molecule has 0 aromatic heterocycles. The van der Waals surface area contributed by atoms with Gasteiger partial charge in [-0.15, -0.1) is 0 Å². The maximum atomic E-state index is 12.4. The maximum absolute atomic E-state index is 12.4. The zero-order valence-electron chi connectivity index (χ0n) is 12.8. The number of fused-ring (bicyclic) bond motifs is 4. The summed E-state index contributed by atoms with van der Waals surface area (Å²) in [6.45, 7) is 7.44. The minimum atomic E-state index is -0.976. The third kappa shape index (κ3) is 1.09. The van der Waals surface area contributed by atoms with E-state index in [4.69, 9.17) is 4.74 Å². The molecule has 0 aromatic carbocycles. The molecule has 2 bridgehead atoms. The first-order chi connectivity index (χ1) is 9.33. The van der Waals surface area contributed by atoms with E-state index in [1.807, 2.05) is 7.05 Å². The van der Waals surface area contributed by atoms with Gasteiger partial charge < -0.3 is 9.84 Å². The van der Waals surface area contributed by atoms with Crippen molar-refractivity contribution in [3.63, 3.8) is 0 Å². The number of rotatable bonds is 1. The topological polar surface area (TPSA) is 49.8 Å². The SMILES string of the molecule is CC(C)[C@@H]1[C@@H]2C(=O)O[C@H]1[C@]1(O)N(C)C[C@@H]3CC[C@H]2[C@@]31C. The van der Waals surface area contributed by atoms with Gasteiger partial charge in [0.25, 0.3) is 0 Å². The Hall–Kier alpha value is -0.610. The van der Waals surface area contributed by atoms with E-state index in [1.54, 1.807) is 0 Å². The summed E-state index contributed by atoms with van der Waals surface area (Å²) in [5.74, 6) is 1.23. The summed E-state index contributed by atoms with van der Waals surface area (Å²) in [7, 11) is 1.99. The van der Waals surface area contributed by atoms with Crippen molar-refractivity contribution in [3.05, 3.63) is 0 Å². The standard InChI is InChI=1S/C16H25NO3/c1-8(2)11-12-10-6-5-9-7-17(4)16(19,15(9,10)3)13(11)20-14(12)18/h8-13,19H,5-7H2,1-4H3/t9-,10+,11+,12+,13+,15+,16+/m0/s1. The van der Waals surface area contributed by atoms with E-state index < -0.39 is 5.72 Å². The summed E-state index contributed by atoms with van der Waals surface area (Å²) in [5, 5.41) is 11.6. The Morgan fingerprint density at radius 3 is 2.75 bits per heavy atom. The molecule has 4 fully saturated rings. The first-order valence-electron chi connectivity index (χ1n) is 7.97. The van der Waals surface area contributed by atoms with Crippen LogP contribution in [0.15, 0.2) is 0 Å². The molecule has 4 aliphatic rings. The lowest BCUT2D eigenvalue weighted by Crippen LogP contribution is -2.67. The molecule has 0 aromatic rings. The molecule has 4 rings (SSSR count). The van der Waals surface area contributed by atoms with E-state index in [2.05, 4.69) is 25.7 Å². The van der Waals surface area contributed by atoms with Crippen LogP contribution in [-0.4, -0.2) is 41.4 Å². The predicted octanol–water partition coefficient (Wildman–Crippen LogP) is 1.48. The van der Waals surface area contributed by atoms with E-state index >= 15 is 0 Å². The van der Waals surface area contributed by atoms with Crippen molar-refractivity contribution in [2.75, 3.05) is 13.6 Å². The molecule has 2 aliphatic heterocycles. The zero-order valence-corrected chi connectivity index (χ0v) is 12.8. The first kappa shape index (κ1) is 13.1. The molecular weight excluding hydrogens is 254 g/mol. The fraction of sp³-hybridized carbons (Fsp3) is 0.938. The molecule has 7 atom stereocenters. The van der Waals surface area contributed by atoms with Crippen LogP contribution >= 0.6 is 0 Å². The molecule has 0 unspecified atom stereocenters. The Kier molecular flexibility index (Phi) is 2.34.